The molecule has 0 saturated carbocycles. The van der Waals surface area contributed by atoms with E-state index in [-0.39, 0.29) is 17.3 Å². The molecule has 130 valence electrons. The number of anilines is 1. The minimum absolute atomic E-state index is 0.0883. The molecule has 0 bridgehead atoms. The number of hydrogen-bond acceptors (Lipinski definition) is 5. The van der Waals surface area contributed by atoms with Gasteiger partial charge in [-0.1, -0.05) is 5.57 Å². The quantitative estimate of drug-likeness (QED) is 0.851. The van der Waals surface area contributed by atoms with Crippen LogP contribution in [0.25, 0.3) is 17.4 Å². The van der Waals surface area contributed by atoms with E-state index in [1.54, 1.807) is 11.6 Å². The molecule has 24 heavy (non-hydrogen) atoms. The van der Waals surface area contributed by atoms with Crippen LogP contribution in [0.3, 0.4) is 0 Å². The normalized spacial score (nSPS) is 18.2. The third-order valence-electron chi connectivity index (χ3n) is 4.40. The fourth-order valence-electron chi connectivity index (χ4n) is 3.20. The Kier molecular flexibility index (Phi) is 4.08. The first-order chi connectivity index (χ1) is 11.3. The maximum atomic E-state index is 12.7. The highest BCUT2D eigenvalue weighted by Gasteiger charge is 2.25. The summed E-state index contributed by atoms with van der Waals surface area (Å²) in [6.45, 7) is 5.45. The molecule has 0 spiro atoms. The van der Waals surface area contributed by atoms with Crippen LogP contribution in [0.5, 0.6) is 0 Å². The lowest BCUT2D eigenvalue weighted by atomic mass is 10.1. The molecule has 1 aliphatic rings. The highest BCUT2D eigenvalue weighted by Crippen LogP contribution is 2.23. The van der Waals surface area contributed by atoms with Crippen LogP contribution in [0, 0.1) is 0 Å². The second-order valence-electron chi connectivity index (χ2n) is 6.71. The molecule has 2 aromatic heterocycles. The van der Waals surface area contributed by atoms with Gasteiger partial charge in [-0.05, 0) is 26.7 Å². The minimum Gasteiger partial charge on any atom is -0.340 e. The molecule has 1 atom stereocenters. The lowest BCUT2D eigenvalue weighted by molar-refractivity contribution is 0.499. The lowest BCUT2D eigenvalue weighted by Gasteiger charge is -2.31. The second-order valence-corrected chi connectivity index (χ2v) is 6.71. The van der Waals surface area contributed by atoms with Crippen molar-refractivity contribution in [3.05, 3.63) is 26.4 Å². The summed E-state index contributed by atoms with van der Waals surface area (Å²) in [5.74, 6) is 0.666. The number of allylic oxidation sites excluding steroid dienone is 1. The van der Waals surface area contributed by atoms with Crippen molar-refractivity contribution in [3.63, 3.8) is 0 Å². The molecule has 0 radical (unpaired) electrons. The van der Waals surface area contributed by atoms with Crippen LogP contribution in [-0.4, -0.2) is 37.8 Å². The number of aromatic nitrogens is 4. The Bertz CT molecular complexity index is 929. The van der Waals surface area contributed by atoms with E-state index in [9.17, 15) is 9.59 Å². The third kappa shape index (κ3) is 2.56. The third-order valence-corrected chi connectivity index (χ3v) is 4.40. The van der Waals surface area contributed by atoms with Crippen molar-refractivity contribution < 1.29 is 0 Å². The minimum atomic E-state index is -0.378. The average molecular weight is 332 g/mol. The first-order valence-corrected chi connectivity index (χ1v) is 8.14. The van der Waals surface area contributed by atoms with Gasteiger partial charge < -0.3 is 10.6 Å². The van der Waals surface area contributed by atoms with E-state index in [4.69, 9.17) is 5.73 Å². The van der Waals surface area contributed by atoms with Crippen molar-refractivity contribution in [1.82, 2.24) is 18.7 Å². The highest BCUT2D eigenvalue weighted by molar-refractivity contribution is 5.78. The number of rotatable bonds is 2. The van der Waals surface area contributed by atoms with E-state index in [0.29, 0.717) is 23.7 Å². The number of nitrogens with two attached hydrogens (primary N) is 1. The lowest BCUT2D eigenvalue weighted by Crippen LogP contribution is -2.43. The summed E-state index contributed by atoms with van der Waals surface area (Å²) >= 11 is 0. The molecule has 2 N–H and O–H groups in total. The molecule has 8 nitrogen and oxygen atoms in total. The summed E-state index contributed by atoms with van der Waals surface area (Å²) in [4.78, 5) is 31.6. The Morgan fingerprint density at radius 1 is 1.25 bits per heavy atom. The summed E-state index contributed by atoms with van der Waals surface area (Å²) in [6.07, 6.45) is 3.85. The molecule has 0 amide bonds. The van der Waals surface area contributed by atoms with Crippen LogP contribution >= 0.6 is 0 Å². The highest BCUT2D eigenvalue weighted by atomic mass is 16.2. The zero-order chi connectivity index (χ0) is 17.6. The SMILES string of the molecule is CC(C)=Cn1c(N2CCCC(N)C2)nc2c1c(=O)n(C)c(=O)n2C. The number of hydrogen-bond donors (Lipinski definition) is 1. The fraction of sp³-hybridized carbons (Fsp3) is 0.562. The Hall–Kier alpha value is -2.35. The first kappa shape index (κ1) is 16.5. The Labute approximate surface area is 139 Å². The molecule has 3 rings (SSSR count). The van der Waals surface area contributed by atoms with Gasteiger partial charge in [0, 0.05) is 39.4 Å². The van der Waals surface area contributed by atoms with Crippen molar-refractivity contribution in [2.24, 2.45) is 19.8 Å². The Morgan fingerprint density at radius 3 is 2.58 bits per heavy atom. The van der Waals surface area contributed by atoms with E-state index in [1.165, 1.54) is 11.6 Å². The smallest absolute Gasteiger partial charge is 0.332 e. The largest absolute Gasteiger partial charge is 0.340 e. The summed E-state index contributed by atoms with van der Waals surface area (Å²) in [5, 5.41) is 0. The summed E-state index contributed by atoms with van der Waals surface area (Å²) in [7, 11) is 3.12. The molecule has 8 heteroatoms. The molecular formula is C16H24N6O2. The van der Waals surface area contributed by atoms with Gasteiger partial charge in [0.25, 0.3) is 5.56 Å². The van der Waals surface area contributed by atoms with Crippen LogP contribution in [0.1, 0.15) is 26.7 Å². The first-order valence-electron chi connectivity index (χ1n) is 8.14. The van der Waals surface area contributed by atoms with Gasteiger partial charge in [-0.2, -0.15) is 4.98 Å². The molecule has 0 aliphatic carbocycles. The zero-order valence-electron chi connectivity index (χ0n) is 14.6. The van der Waals surface area contributed by atoms with E-state index >= 15 is 0 Å². The fourth-order valence-corrected chi connectivity index (χ4v) is 3.20. The van der Waals surface area contributed by atoms with Crippen molar-refractivity contribution in [2.75, 3.05) is 18.0 Å². The summed E-state index contributed by atoms with van der Waals surface area (Å²) in [5.41, 5.74) is 7.23. The molecule has 3 heterocycles. The number of imidazole rings is 1. The standard InChI is InChI=1S/C16H24N6O2/c1-10(2)8-22-12-13(19(3)16(24)20(4)14(12)23)18-15(22)21-7-5-6-11(17)9-21/h8,11H,5-7,9,17H2,1-4H3. The van der Waals surface area contributed by atoms with Gasteiger partial charge in [-0.15, -0.1) is 0 Å². The Morgan fingerprint density at radius 2 is 1.96 bits per heavy atom. The van der Waals surface area contributed by atoms with Crippen LogP contribution in [0.4, 0.5) is 5.95 Å². The van der Waals surface area contributed by atoms with Crippen LogP contribution in [-0.2, 0) is 14.1 Å². The van der Waals surface area contributed by atoms with Crippen molar-refractivity contribution in [1.29, 1.82) is 0 Å². The van der Waals surface area contributed by atoms with Crippen molar-refractivity contribution in [3.8, 4) is 0 Å². The second kappa shape index (κ2) is 5.94. The van der Waals surface area contributed by atoms with Crippen LogP contribution < -0.4 is 21.9 Å². The van der Waals surface area contributed by atoms with Gasteiger partial charge in [0.1, 0.15) is 0 Å². The molecule has 2 aromatic rings. The van der Waals surface area contributed by atoms with Crippen molar-refractivity contribution in [2.45, 2.75) is 32.7 Å². The molecule has 1 saturated heterocycles. The monoisotopic (exact) mass is 332 g/mol. The molecule has 0 aromatic carbocycles. The number of aryl methyl sites for hydroxylation is 1. The number of nitrogens with zero attached hydrogens (tertiary/aromatic N) is 5. The Balaban J connectivity index is 2.35. The summed E-state index contributed by atoms with van der Waals surface area (Å²) < 4.78 is 4.33. The van der Waals surface area contributed by atoms with E-state index in [0.717, 1.165) is 29.5 Å². The molecular weight excluding hydrogens is 308 g/mol. The maximum absolute atomic E-state index is 12.7. The molecule has 1 aliphatic heterocycles. The van der Waals surface area contributed by atoms with E-state index in [2.05, 4.69) is 9.88 Å². The zero-order valence-corrected chi connectivity index (χ0v) is 14.6. The van der Waals surface area contributed by atoms with E-state index in [1.807, 2.05) is 20.0 Å². The topological polar surface area (TPSA) is 91.1 Å². The number of piperidine rings is 1. The maximum Gasteiger partial charge on any atom is 0.332 e. The predicted molar refractivity (Wildman–Crippen MR) is 95.3 cm³/mol. The van der Waals surface area contributed by atoms with Gasteiger partial charge >= 0.3 is 5.69 Å². The van der Waals surface area contributed by atoms with E-state index < -0.39 is 0 Å². The molecule has 1 fully saturated rings. The van der Waals surface area contributed by atoms with Crippen LogP contribution in [0.2, 0.25) is 0 Å². The van der Waals surface area contributed by atoms with Crippen molar-refractivity contribution >= 4 is 23.3 Å². The van der Waals surface area contributed by atoms with Crippen LogP contribution in [0.15, 0.2) is 15.2 Å². The average Bonchev–Trinajstić information content (AvgIpc) is 2.89. The van der Waals surface area contributed by atoms with Gasteiger partial charge in [-0.25, -0.2) is 4.79 Å². The predicted octanol–water partition coefficient (Wildman–Crippen LogP) is 0.242. The summed E-state index contributed by atoms with van der Waals surface area (Å²) in [6, 6.07) is 0.0883. The van der Waals surface area contributed by atoms with Gasteiger partial charge in [0.05, 0.1) is 0 Å². The van der Waals surface area contributed by atoms with Gasteiger partial charge in [0.15, 0.2) is 11.2 Å². The molecule has 1 unspecified atom stereocenters. The number of fused-ring (bicyclic) bond motifs is 1. The van der Waals surface area contributed by atoms with Gasteiger partial charge in [0.2, 0.25) is 5.95 Å². The van der Waals surface area contributed by atoms with Gasteiger partial charge in [-0.3, -0.25) is 18.5 Å².